The molecule has 7 nitrogen and oxygen atoms in total. The largest absolute Gasteiger partial charge is 0.345 e. The Morgan fingerprint density at radius 2 is 1.91 bits per heavy atom. The van der Waals surface area contributed by atoms with Gasteiger partial charge in [-0.25, -0.2) is 0 Å². The van der Waals surface area contributed by atoms with Gasteiger partial charge in [-0.05, 0) is 49.8 Å². The number of carbonyl (C=O) groups excluding carboxylic acids is 2. The molecule has 0 saturated heterocycles. The van der Waals surface area contributed by atoms with Crippen LogP contribution in [0.15, 0.2) is 60.0 Å². The highest BCUT2D eigenvalue weighted by molar-refractivity contribution is 7.99. The fraction of sp³-hybridized carbons (Fsp3) is 0.423. The molecule has 2 aromatic heterocycles. The summed E-state index contributed by atoms with van der Waals surface area (Å²) in [6.07, 6.45) is 8.66. The van der Waals surface area contributed by atoms with Gasteiger partial charge in [0.15, 0.2) is 16.8 Å². The molecule has 178 valence electrons. The summed E-state index contributed by atoms with van der Waals surface area (Å²) in [6, 6.07) is 13.4. The van der Waals surface area contributed by atoms with E-state index >= 15 is 0 Å². The van der Waals surface area contributed by atoms with Crippen molar-refractivity contribution in [2.75, 3.05) is 5.75 Å². The van der Waals surface area contributed by atoms with Crippen LogP contribution in [0.25, 0.3) is 11.4 Å². The van der Waals surface area contributed by atoms with Gasteiger partial charge in [0.25, 0.3) is 0 Å². The Hall–Kier alpha value is -3.00. The van der Waals surface area contributed by atoms with Crippen molar-refractivity contribution in [2.24, 2.45) is 5.92 Å². The monoisotopic (exact) mass is 477 g/mol. The normalized spacial score (nSPS) is 18.9. The number of nitrogens with one attached hydrogen (secondary N) is 1. The number of rotatable bonds is 9. The van der Waals surface area contributed by atoms with E-state index in [0.717, 1.165) is 28.5 Å². The van der Waals surface area contributed by atoms with E-state index in [1.807, 2.05) is 42.5 Å². The third-order valence-electron chi connectivity index (χ3n) is 6.42. The number of ketones is 1. The Balaban J connectivity index is 1.49. The summed E-state index contributed by atoms with van der Waals surface area (Å²) in [5.74, 6) is 1.22. The molecular formula is C26H31N5O2S. The quantitative estimate of drug-likeness (QED) is 0.457. The lowest BCUT2D eigenvalue weighted by Crippen LogP contribution is -2.42. The summed E-state index contributed by atoms with van der Waals surface area (Å²) in [5, 5.41) is 12.6. The zero-order chi connectivity index (χ0) is 23.9. The van der Waals surface area contributed by atoms with E-state index in [-0.39, 0.29) is 23.5 Å². The number of amides is 1. The van der Waals surface area contributed by atoms with Crippen molar-refractivity contribution in [2.45, 2.75) is 63.2 Å². The number of pyridine rings is 1. The van der Waals surface area contributed by atoms with Crippen molar-refractivity contribution in [1.82, 2.24) is 25.1 Å². The van der Waals surface area contributed by atoms with Gasteiger partial charge in [0.2, 0.25) is 5.91 Å². The van der Waals surface area contributed by atoms with Gasteiger partial charge in [0.1, 0.15) is 0 Å². The third-order valence-corrected chi connectivity index (χ3v) is 7.37. The maximum absolute atomic E-state index is 12.8. The van der Waals surface area contributed by atoms with E-state index in [1.54, 1.807) is 12.4 Å². The van der Waals surface area contributed by atoms with E-state index in [9.17, 15) is 9.59 Å². The van der Waals surface area contributed by atoms with E-state index in [2.05, 4.69) is 32.0 Å². The second-order valence-corrected chi connectivity index (χ2v) is 9.90. The van der Waals surface area contributed by atoms with Crippen LogP contribution in [0.3, 0.4) is 0 Å². The van der Waals surface area contributed by atoms with Crippen LogP contribution in [0.1, 0.15) is 51.1 Å². The Labute approximate surface area is 204 Å². The molecule has 34 heavy (non-hydrogen) atoms. The molecule has 4 rings (SSSR count). The van der Waals surface area contributed by atoms with Crippen molar-refractivity contribution in [1.29, 1.82) is 0 Å². The molecule has 0 aliphatic heterocycles. The molecule has 1 aliphatic rings. The molecule has 0 radical (unpaired) electrons. The minimum Gasteiger partial charge on any atom is -0.345 e. The number of aromatic nitrogens is 4. The lowest BCUT2D eigenvalue weighted by atomic mass is 9.85. The van der Waals surface area contributed by atoms with Crippen molar-refractivity contribution in [3.63, 3.8) is 0 Å². The average Bonchev–Trinajstić information content (AvgIpc) is 3.27. The highest BCUT2D eigenvalue weighted by Crippen LogP contribution is 2.38. The fourth-order valence-corrected chi connectivity index (χ4v) is 5.36. The highest BCUT2D eigenvalue weighted by Gasteiger charge is 2.29. The molecule has 0 bridgehead atoms. The molecule has 1 N–H and O–H groups in total. The molecular weight excluding hydrogens is 446 g/mol. The summed E-state index contributed by atoms with van der Waals surface area (Å²) in [4.78, 5) is 29.2. The zero-order valence-electron chi connectivity index (χ0n) is 19.7. The van der Waals surface area contributed by atoms with E-state index < -0.39 is 6.04 Å². The molecule has 1 aliphatic carbocycles. The van der Waals surface area contributed by atoms with E-state index in [0.29, 0.717) is 12.3 Å². The molecule has 8 heteroatoms. The second kappa shape index (κ2) is 11.4. The van der Waals surface area contributed by atoms with Crippen LogP contribution in [0.2, 0.25) is 0 Å². The van der Waals surface area contributed by atoms with Crippen LogP contribution in [0.4, 0.5) is 0 Å². The predicted molar refractivity (Wildman–Crippen MR) is 133 cm³/mol. The predicted octanol–water partition coefficient (Wildman–Crippen LogP) is 4.50. The molecule has 1 aromatic carbocycles. The van der Waals surface area contributed by atoms with Crippen LogP contribution in [0.5, 0.6) is 0 Å². The molecule has 2 heterocycles. The molecule has 0 spiro atoms. The van der Waals surface area contributed by atoms with Crippen molar-refractivity contribution < 1.29 is 9.59 Å². The summed E-state index contributed by atoms with van der Waals surface area (Å²) in [6.45, 7) is 3.79. The Morgan fingerprint density at radius 1 is 1.12 bits per heavy atom. The SMILES string of the molecule is CC(=O)[C@@H](Cc1ccccc1)NC(=O)CSc1nnc(-c2cccnc2)n1[C@H]1CCCC[C@@H]1C. The van der Waals surface area contributed by atoms with Crippen molar-refractivity contribution in [3.8, 4) is 11.4 Å². The first kappa shape index (κ1) is 24.1. The highest BCUT2D eigenvalue weighted by atomic mass is 32.2. The second-order valence-electron chi connectivity index (χ2n) is 8.96. The van der Waals surface area contributed by atoms with Gasteiger partial charge < -0.3 is 5.32 Å². The fourth-order valence-electron chi connectivity index (χ4n) is 4.56. The summed E-state index contributed by atoms with van der Waals surface area (Å²) in [7, 11) is 0. The number of carbonyl (C=O) groups is 2. The number of hydrogen-bond donors (Lipinski definition) is 1. The van der Waals surface area contributed by atoms with Crippen molar-refractivity contribution >= 4 is 23.5 Å². The smallest absolute Gasteiger partial charge is 0.231 e. The van der Waals surface area contributed by atoms with Crippen LogP contribution in [0, 0.1) is 5.92 Å². The summed E-state index contributed by atoms with van der Waals surface area (Å²) < 4.78 is 2.20. The van der Waals surface area contributed by atoms with E-state index in [1.165, 1.54) is 37.9 Å². The topological polar surface area (TPSA) is 89.8 Å². The Morgan fingerprint density at radius 3 is 2.62 bits per heavy atom. The average molecular weight is 478 g/mol. The van der Waals surface area contributed by atoms with Crippen LogP contribution < -0.4 is 5.32 Å². The van der Waals surface area contributed by atoms with Crippen LogP contribution in [-0.2, 0) is 16.0 Å². The lowest BCUT2D eigenvalue weighted by Gasteiger charge is -2.31. The van der Waals surface area contributed by atoms with Crippen LogP contribution in [-0.4, -0.2) is 43.2 Å². The van der Waals surface area contributed by atoms with E-state index in [4.69, 9.17) is 0 Å². The number of Topliss-reactive ketones (excluding diaryl/α,β-unsaturated/α-hetero) is 1. The third kappa shape index (κ3) is 5.91. The molecule has 1 fully saturated rings. The minimum absolute atomic E-state index is 0.0553. The Kier molecular flexibility index (Phi) is 8.11. The van der Waals surface area contributed by atoms with Gasteiger partial charge in [0.05, 0.1) is 11.8 Å². The maximum Gasteiger partial charge on any atom is 0.231 e. The minimum atomic E-state index is -0.544. The lowest BCUT2D eigenvalue weighted by molar-refractivity contribution is -0.125. The number of benzene rings is 1. The zero-order valence-corrected chi connectivity index (χ0v) is 20.5. The van der Waals surface area contributed by atoms with Gasteiger partial charge in [-0.2, -0.15) is 0 Å². The number of thioether (sulfide) groups is 1. The van der Waals surface area contributed by atoms with Gasteiger partial charge >= 0.3 is 0 Å². The van der Waals surface area contributed by atoms with Gasteiger partial charge in [-0.3, -0.25) is 19.1 Å². The molecule has 1 amide bonds. The van der Waals surface area contributed by atoms with Gasteiger partial charge in [-0.15, -0.1) is 10.2 Å². The molecule has 0 unspecified atom stereocenters. The molecule has 3 atom stereocenters. The standard InChI is InChI=1S/C26H31N5O2S/c1-18-9-6-7-13-23(18)31-25(21-12-8-14-27-16-21)29-30-26(31)34-17-24(33)28-22(19(2)32)15-20-10-4-3-5-11-20/h3-5,8,10-12,14,16,18,22-23H,6-7,9,13,15,17H2,1-2H3,(H,28,33)/t18-,22+,23-/m0/s1. The van der Waals surface area contributed by atoms with Crippen LogP contribution >= 0.6 is 11.8 Å². The first-order chi connectivity index (χ1) is 16.5. The first-order valence-electron chi connectivity index (χ1n) is 11.8. The van der Waals surface area contributed by atoms with Gasteiger partial charge in [-0.1, -0.05) is 61.9 Å². The molecule has 1 saturated carbocycles. The Bertz CT molecular complexity index is 1100. The number of hydrogen-bond acceptors (Lipinski definition) is 6. The molecule has 3 aromatic rings. The van der Waals surface area contributed by atoms with Gasteiger partial charge in [0, 0.05) is 24.0 Å². The summed E-state index contributed by atoms with van der Waals surface area (Å²) in [5.41, 5.74) is 1.94. The first-order valence-corrected chi connectivity index (χ1v) is 12.8. The summed E-state index contributed by atoms with van der Waals surface area (Å²) >= 11 is 1.37. The number of nitrogens with zero attached hydrogens (tertiary/aromatic N) is 4. The van der Waals surface area contributed by atoms with Crippen molar-refractivity contribution in [3.05, 3.63) is 60.4 Å². The maximum atomic E-state index is 12.8.